The maximum absolute atomic E-state index is 4.56. The van der Waals surface area contributed by atoms with Gasteiger partial charge in [0.1, 0.15) is 0 Å². The molecule has 0 atom stereocenters. The van der Waals surface area contributed by atoms with E-state index < -0.39 is 0 Å². The van der Waals surface area contributed by atoms with Gasteiger partial charge < -0.3 is 5.32 Å². The van der Waals surface area contributed by atoms with E-state index in [9.17, 15) is 0 Å². The van der Waals surface area contributed by atoms with Crippen LogP contribution in [0.5, 0.6) is 0 Å². The highest BCUT2D eigenvalue weighted by Crippen LogP contribution is 2.09. The molecule has 2 aromatic heterocycles. The van der Waals surface area contributed by atoms with Gasteiger partial charge in [-0.15, -0.1) is 0 Å². The molecule has 0 saturated carbocycles. The SMILES string of the molecule is Cc1cc(C)n(-c2cncc(CNC(C)C)n2)n1. The first-order valence-corrected chi connectivity index (χ1v) is 6.14. The first-order chi connectivity index (χ1) is 8.56. The molecule has 0 bridgehead atoms. The number of rotatable bonds is 4. The summed E-state index contributed by atoms with van der Waals surface area (Å²) in [6.07, 6.45) is 3.52. The maximum atomic E-state index is 4.56. The Hall–Kier alpha value is -1.75. The van der Waals surface area contributed by atoms with E-state index in [0.717, 1.165) is 29.4 Å². The molecule has 2 aromatic rings. The molecule has 0 aliphatic heterocycles. The molecule has 2 rings (SSSR count). The van der Waals surface area contributed by atoms with Gasteiger partial charge in [0.25, 0.3) is 0 Å². The van der Waals surface area contributed by atoms with Crippen LogP contribution in [0.3, 0.4) is 0 Å². The second-order valence-electron chi connectivity index (χ2n) is 4.74. The van der Waals surface area contributed by atoms with Crippen LogP contribution in [0.2, 0.25) is 0 Å². The van der Waals surface area contributed by atoms with Gasteiger partial charge >= 0.3 is 0 Å². The van der Waals surface area contributed by atoms with Crippen LogP contribution in [0.15, 0.2) is 18.5 Å². The molecule has 5 heteroatoms. The summed E-state index contributed by atoms with van der Waals surface area (Å²) in [4.78, 5) is 8.79. The van der Waals surface area contributed by atoms with Crippen molar-refractivity contribution in [1.29, 1.82) is 0 Å². The van der Waals surface area contributed by atoms with E-state index in [1.54, 1.807) is 12.4 Å². The molecular formula is C13H19N5. The van der Waals surface area contributed by atoms with Crippen molar-refractivity contribution in [2.24, 2.45) is 0 Å². The average molecular weight is 245 g/mol. The van der Waals surface area contributed by atoms with Crippen LogP contribution in [0.1, 0.15) is 30.9 Å². The van der Waals surface area contributed by atoms with Gasteiger partial charge in [-0.25, -0.2) is 9.67 Å². The van der Waals surface area contributed by atoms with Crippen LogP contribution in [0, 0.1) is 13.8 Å². The zero-order chi connectivity index (χ0) is 13.1. The summed E-state index contributed by atoms with van der Waals surface area (Å²) in [6.45, 7) is 8.93. The van der Waals surface area contributed by atoms with Crippen LogP contribution in [0.25, 0.3) is 5.82 Å². The fraction of sp³-hybridized carbons (Fsp3) is 0.462. The zero-order valence-corrected chi connectivity index (χ0v) is 11.3. The third-order valence-corrected chi connectivity index (χ3v) is 2.59. The van der Waals surface area contributed by atoms with E-state index in [0.29, 0.717) is 6.04 Å². The van der Waals surface area contributed by atoms with Crippen LogP contribution in [0.4, 0.5) is 0 Å². The molecule has 0 saturated heterocycles. The molecule has 0 fully saturated rings. The lowest BCUT2D eigenvalue weighted by atomic mass is 10.3. The second kappa shape index (κ2) is 5.27. The van der Waals surface area contributed by atoms with E-state index in [4.69, 9.17) is 0 Å². The molecule has 1 N–H and O–H groups in total. The van der Waals surface area contributed by atoms with E-state index in [1.165, 1.54) is 0 Å². The topological polar surface area (TPSA) is 55.6 Å². The molecule has 18 heavy (non-hydrogen) atoms. The molecule has 0 aliphatic carbocycles. The van der Waals surface area contributed by atoms with Gasteiger partial charge in [-0.1, -0.05) is 13.8 Å². The molecule has 0 aliphatic rings. The third-order valence-electron chi connectivity index (χ3n) is 2.59. The Labute approximate surface area is 107 Å². The summed E-state index contributed by atoms with van der Waals surface area (Å²) in [7, 11) is 0. The summed E-state index contributed by atoms with van der Waals surface area (Å²) < 4.78 is 1.82. The number of aryl methyl sites for hydroxylation is 2. The fourth-order valence-electron chi connectivity index (χ4n) is 1.75. The first kappa shape index (κ1) is 12.7. The van der Waals surface area contributed by atoms with E-state index in [1.807, 2.05) is 24.6 Å². The molecule has 0 aromatic carbocycles. The van der Waals surface area contributed by atoms with Crippen molar-refractivity contribution in [3.8, 4) is 5.82 Å². The Balaban J connectivity index is 2.24. The third kappa shape index (κ3) is 2.92. The Kier molecular flexibility index (Phi) is 3.72. The lowest BCUT2D eigenvalue weighted by molar-refractivity contribution is 0.578. The minimum absolute atomic E-state index is 0.434. The lowest BCUT2D eigenvalue weighted by Crippen LogP contribution is -2.22. The zero-order valence-electron chi connectivity index (χ0n) is 11.3. The van der Waals surface area contributed by atoms with Crippen molar-refractivity contribution in [2.45, 2.75) is 40.3 Å². The summed E-state index contributed by atoms with van der Waals surface area (Å²) >= 11 is 0. The standard InChI is InChI=1S/C13H19N5/c1-9(2)15-7-12-6-14-8-13(16-12)18-11(4)5-10(3)17-18/h5-6,8-9,15H,7H2,1-4H3. The number of aromatic nitrogens is 4. The second-order valence-corrected chi connectivity index (χ2v) is 4.74. The normalized spacial score (nSPS) is 11.2. The van der Waals surface area contributed by atoms with Crippen molar-refractivity contribution in [1.82, 2.24) is 25.1 Å². The molecule has 5 nitrogen and oxygen atoms in total. The summed E-state index contributed by atoms with van der Waals surface area (Å²) in [6, 6.07) is 2.46. The van der Waals surface area contributed by atoms with Crippen LogP contribution in [-0.2, 0) is 6.54 Å². The Morgan fingerprint density at radius 3 is 2.67 bits per heavy atom. The molecule has 0 radical (unpaired) electrons. The van der Waals surface area contributed by atoms with Crippen molar-refractivity contribution in [2.75, 3.05) is 0 Å². The molecule has 0 spiro atoms. The van der Waals surface area contributed by atoms with Crippen LogP contribution >= 0.6 is 0 Å². The van der Waals surface area contributed by atoms with Crippen LogP contribution in [-0.4, -0.2) is 25.8 Å². The molecular weight excluding hydrogens is 226 g/mol. The minimum Gasteiger partial charge on any atom is -0.309 e. The largest absolute Gasteiger partial charge is 0.309 e. The van der Waals surface area contributed by atoms with Gasteiger partial charge in [0.2, 0.25) is 0 Å². The monoisotopic (exact) mass is 245 g/mol. The van der Waals surface area contributed by atoms with Gasteiger partial charge in [0.15, 0.2) is 5.82 Å². The van der Waals surface area contributed by atoms with Crippen LogP contribution < -0.4 is 5.32 Å². The van der Waals surface area contributed by atoms with E-state index >= 15 is 0 Å². The predicted octanol–water partition coefficient (Wildman–Crippen LogP) is 1.78. The van der Waals surface area contributed by atoms with Crippen molar-refractivity contribution in [3.63, 3.8) is 0 Å². The molecule has 2 heterocycles. The van der Waals surface area contributed by atoms with Gasteiger partial charge in [0.05, 0.1) is 17.6 Å². The van der Waals surface area contributed by atoms with Gasteiger partial charge in [-0.05, 0) is 19.9 Å². The maximum Gasteiger partial charge on any atom is 0.172 e. The van der Waals surface area contributed by atoms with Crippen molar-refractivity contribution >= 4 is 0 Å². The van der Waals surface area contributed by atoms with E-state index in [-0.39, 0.29) is 0 Å². The first-order valence-electron chi connectivity index (χ1n) is 6.14. The highest BCUT2D eigenvalue weighted by atomic mass is 15.3. The number of hydrogen-bond acceptors (Lipinski definition) is 4. The minimum atomic E-state index is 0.434. The number of nitrogens with zero attached hydrogens (tertiary/aromatic N) is 4. The lowest BCUT2D eigenvalue weighted by Gasteiger charge is -2.08. The Morgan fingerprint density at radius 2 is 2.06 bits per heavy atom. The molecule has 0 amide bonds. The summed E-state index contributed by atoms with van der Waals surface area (Å²) in [5.41, 5.74) is 2.98. The van der Waals surface area contributed by atoms with Gasteiger partial charge in [-0.2, -0.15) is 5.10 Å². The fourth-order valence-corrected chi connectivity index (χ4v) is 1.75. The molecule has 0 unspecified atom stereocenters. The predicted molar refractivity (Wildman–Crippen MR) is 70.6 cm³/mol. The number of hydrogen-bond donors (Lipinski definition) is 1. The smallest absolute Gasteiger partial charge is 0.172 e. The highest BCUT2D eigenvalue weighted by molar-refractivity contribution is 5.23. The summed E-state index contributed by atoms with van der Waals surface area (Å²) in [5.74, 6) is 0.767. The van der Waals surface area contributed by atoms with E-state index in [2.05, 4.69) is 34.2 Å². The Morgan fingerprint density at radius 1 is 1.28 bits per heavy atom. The molecule has 96 valence electrons. The van der Waals surface area contributed by atoms with Crippen molar-refractivity contribution in [3.05, 3.63) is 35.5 Å². The van der Waals surface area contributed by atoms with Gasteiger partial charge in [-0.3, -0.25) is 4.98 Å². The Bertz CT molecular complexity index is 530. The van der Waals surface area contributed by atoms with Crippen molar-refractivity contribution < 1.29 is 0 Å². The average Bonchev–Trinajstić information content (AvgIpc) is 2.66. The summed E-state index contributed by atoms with van der Waals surface area (Å²) in [5, 5.41) is 7.74. The quantitative estimate of drug-likeness (QED) is 0.892. The highest BCUT2D eigenvalue weighted by Gasteiger charge is 2.06. The van der Waals surface area contributed by atoms with Gasteiger partial charge in [0, 0.05) is 24.5 Å². The number of nitrogens with one attached hydrogen (secondary N) is 1.